The molecule has 1 aromatic rings. The van der Waals surface area contributed by atoms with E-state index >= 15 is 0 Å². The van der Waals surface area contributed by atoms with Crippen LogP contribution in [0.2, 0.25) is 6.32 Å². The minimum absolute atomic E-state index is 0.0318. The van der Waals surface area contributed by atoms with Gasteiger partial charge in [-0.2, -0.15) is 0 Å². The molecule has 2 aliphatic rings. The zero-order valence-electron chi connectivity index (χ0n) is 18.6. The van der Waals surface area contributed by atoms with E-state index in [1.54, 1.807) is 6.07 Å². The van der Waals surface area contributed by atoms with Crippen molar-refractivity contribution in [1.29, 1.82) is 0 Å². The Bertz CT molecular complexity index is 806. The average Bonchev–Trinajstić information content (AvgIpc) is 2.99. The van der Waals surface area contributed by atoms with Crippen LogP contribution in [0.4, 0.5) is 8.78 Å². The molecule has 6 nitrogen and oxygen atoms in total. The normalized spacial score (nSPS) is 22.1. The highest BCUT2D eigenvalue weighted by atomic mass is 19.3. The van der Waals surface area contributed by atoms with Crippen LogP contribution in [-0.4, -0.2) is 30.5 Å². The fourth-order valence-electron chi connectivity index (χ4n) is 3.26. The van der Waals surface area contributed by atoms with Crippen molar-refractivity contribution in [3.63, 3.8) is 0 Å². The molecule has 0 bridgehead atoms. The zero-order chi connectivity index (χ0) is 22.5. The van der Waals surface area contributed by atoms with Gasteiger partial charge in [-0.05, 0) is 58.1 Å². The van der Waals surface area contributed by atoms with Crippen LogP contribution < -0.4 is 14.8 Å². The maximum atomic E-state index is 13.4. The van der Waals surface area contributed by atoms with Crippen molar-refractivity contribution in [3.8, 4) is 11.5 Å². The molecule has 166 valence electrons. The first kappa shape index (κ1) is 22.8. The summed E-state index contributed by atoms with van der Waals surface area (Å²) < 4.78 is 47.9. The van der Waals surface area contributed by atoms with E-state index in [1.165, 1.54) is 12.1 Å². The van der Waals surface area contributed by atoms with Crippen molar-refractivity contribution < 1.29 is 32.4 Å². The first-order valence-corrected chi connectivity index (χ1v) is 10.2. The summed E-state index contributed by atoms with van der Waals surface area (Å²) in [6, 6.07) is 4.13. The summed E-state index contributed by atoms with van der Waals surface area (Å²) in [6.07, 6.45) is -2.67. The Morgan fingerprint density at radius 2 is 1.63 bits per heavy atom. The van der Waals surface area contributed by atoms with Gasteiger partial charge >= 0.3 is 13.4 Å². The molecule has 0 unspecified atom stereocenters. The number of halogens is 2. The Kier molecular flexibility index (Phi) is 5.61. The average molecular weight is 425 g/mol. The molecule has 2 heterocycles. The van der Waals surface area contributed by atoms with E-state index in [0.717, 1.165) is 0 Å². The first-order chi connectivity index (χ1) is 13.6. The van der Waals surface area contributed by atoms with Gasteiger partial charge in [0.1, 0.15) is 0 Å². The summed E-state index contributed by atoms with van der Waals surface area (Å²) in [5.41, 5.74) is -0.867. The Balaban J connectivity index is 1.78. The summed E-state index contributed by atoms with van der Waals surface area (Å²) in [5.74, 6) is -0.233. The second-order valence-electron chi connectivity index (χ2n) is 9.91. The number of hydrogen-bond acceptors (Lipinski definition) is 5. The summed E-state index contributed by atoms with van der Waals surface area (Å²) in [7, 11) is -0.428. The van der Waals surface area contributed by atoms with Gasteiger partial charge < -0.3 is 24.1 Å². The van der Waals surface area contributed by atoms with Crippen LogP contribution in [0.15, 0.2) is 18.2 Å². The third-order valence-corrected chi connectivity index (χ3v) is 5.81. The molecule has 0 spiro atoms. The number of ether oxygens (including phenoxy) is 2. The van der Waals surface area contributed by atoms with Crippen LogP contribution in [-0.2, 0) is 14.1 Å². The molecular weight excluding hydrogens is 395 g/mol. The van der Waals surface area contributed by atoms with Gasteiger partial charge in [-0.15, -0.1) is 8.78 Å². The van der Waals surface area contributed by atoms with Gasteiger partial charge in [0.25, 0.3) is 0 Å². The summed E-state index contributed by atoms with van der Waals surface area (Å²) in [6.45, 7) is 13.3. The third-order valence-electron chi connectivity index (χ3n) is 5.81. The van der Waals surface area contributed by atoms with Crippen LogP contribution >= 0.6 is 0 Å². The van der Waals surface area contributed by atoms with E-state index in [-0.39, 0.29) is 17.4 Å². The second-order valence-corrected chi connectivity index (χ2v) is 9.91. The van der Waals surface area contributed by atoms with Gasteiger partial charge in [0.05, 0.1) is 17.2 Å². The lowest BCUT2D eigenvalue weighted by molar-refractivity contribution is -0.286. The van der Waals surface area contributed by atoms with E-state index < -0.39 is 36.1 Å². The lowest BCUT2D eigenvalue weighted by Crippen LogP contribution is -2.41. The smallest absolute Gasteiger partial charge is 0.403 e. The number of carbonyl (C=O) groups is 1. The van der Waals surface area contributed by atoms with E-state index in [9.17, 15) is 13.6 Å². The van der Waals surface area contributed by atoms with Crippen molar-refractivity contribution in [2.24, 2.45) is 5.41 Å². The summed E-state index contributed by atoms with van der Waals surface area (Å²) >= 11 is 0. The Morgan fingerprint density at radius 1 is 1.07 bits per heavy atom. The number of alkyl halides is 2. The number of nitrogens with one attached hydrogen (secondary N) is 1. The van der Waals surface area contributed by atoms with Crippen molar-refractivity contribution >= 4 is 13.0 Å². The standard InChI is InChI=1S/C21H30BF2NO5/c1-18(2,3)17(26)25-14(10-11-22-29-19(4,5)20(6,7)30-22)13-8-9-15-16(12-13)28-21(23,24)27-15/h8-9,12,14H,10-11H2,1-7H3,(H,25,26)/t14-/m1/s1. The van der Waals surface area contributed by atoms with Gasteiger partial charge in [0.15, 0.2) is 11.5 Å². The number of fused-ring (bicyclic) bond motifs is 1. The molecule has 1 saturated heterocycles. The molecule has 3 rings (SSSR count). The molecular formula is C21H30BF2NO5. The number of rotatable bonds is 5. The summed E-state index contributed by atoms with van der Waals surface area (Å²) in [5, 5.41) is 3.02. The highest BCUT2D eigenvalue weighted by Gasteiger charge is 2.51. The van der Waals surface area contributed by atoms with E-state index in [2.05, 4.69) is 14.8 Å². The monoisotopic (exact) mass is 425 g/mol. The minimum atomic E-state index is -3.69. The largest absolute Gasteiger partial charge is 0.586 e. The van der Waals surface area contributed by atoms with E-state index in [4.69, 9.17) is 9.31 Å². The highest BCUT2D eigenvalue weighted by Crippen LogP contribution is 2.43. The molecule has 0 radical (unpaired) electrons. The van der Waals surface area contributed by atoms with Gasteiger partial charge in [-0.1, -0.05) is 26.8 Å². The molecule has 0 aromatic heterocycles. The molecule has 2 aliphatic heterocycles. The third kappa shape index (κ3) is 4.72. The topological polar surface area (TPSA) is 66.0 Å². The van der Waals surface area contributed by atoms with Crippen molar-refractivity contribution in [2.75, 3.05) is 0 Å². The van der Waals surface area contributed by atoms with Gasteiger partial charge in [-0.3, -0.25) is 4.79 Å². The van der Waals surface area contributed by atoms with Gasteiger partial charge in [0.2, 0.25) is 5.91 Å². The van der Waals surface area contributed by atoms with Gasteiger partial charge in [-0.25, -0.2) is 0 Å². The Hall–Kier alpha value is -1.87. The van der Waals surface area contributed by atoms with Crippen molar-refractivity contribution in [3.05, 3.63) is 23.8 Å². The van der Waals surface area contributed by atoms with Crippen molar-refractivity contribution in [1.82, 2.24) is 5.32 Å². The molecule has 0 aliphatic carbocycles. The highest BCUT2D eigenvalue weighted by molar-refractivity contribution is 6.45. The molecule has 1 fully saturated rings. The fraction of sp³-hybridized carbons (Fsp3) is 0.667. The van der Waals surface area contributed by atoms with Crippen LogP contribution in [0, 0.1) is 5.41 Å². The zero-order valence-corrected chi connectivity index (χ0v) is 18.6. The van der Waals surface area contributed by atoms with Crippen LogP contribution in [0.1, 0.15) is 66.5 Å². The van der Waals surface area contributed by atoms with Gasteiger partial charge in [0, 0.05) is 5.41 Å². The number of benzene rings is 1. The lowest BCUT2D eigenvalue weighted by atomic mass is 9.80. The predicted octanol–water partition coefficient (Wildman–Crippen LogP) is 4.69. The summed E-state index contributed by atoms with van der Waals surface area (Å²) in [4.78, 5) is 12.6. The van der Waals surface area contributed by atoms with Crippen LogP contribution in [0.25, 0.3) is 0 Å². The number of amides is 1. The maximum Gasteiger partial charge on any atom is 0.586 e. The Morgan fingerprint density at radius 3 is 2.20 bits per heavy atom. The number of hydrogen-bond donors (Lipinski definition) is 1. The predicted molar refractivity (Wildman–Crippen MR) is 108 cm³/mol. The van der Waals surface area contributed by atoms with E-state index in [0.29, 0.717) is 18.3 Å². The van der Waals surface area contributed by atoms with Crippen molar-refractivity contribution in [2.45, 2.75) is 84.7 Å². The van der Waals surface area contributed by atoms with E-state index in [1.807, 2.05) is 48.5 Å². The second kappa shape index (κ2) is 7.37. The fourth-order valence-corrected chi connectivity index (χ4v) is 3.26. The van der Waals surface area contributed by atoms with Crippen LogP contribution in [0.3, 0.4) is 0 Å². The minimum Gasteiger partial charge on any atom is -0.403 e. The quantitative estimate of drug-likeness (QED) is 0.694. The first-order valence-electron chi connectivity index (χ1n) is 10.2. The Labute approximate surface area is 176 Å². The van der Waals surface area contributed by atoms with Crippen LogP contribution in [0.5, 0.6) is 11.5 Å². The molecule has 1 amide bonds. The lowest BCUT2D eigenvalue weighted by Gasteiger charge is -2.32. The molecule has 0 saturated carbocycles. The number of carbonyl (C=O) groups excluding carboxylic acids is 1. The maximum absolute atomic E-state index is 13.4. The SMILES string of the molecule is CC(C)(C)C(=O)N[C@H](CCB1OC(C)(C)C(C)(C)O1)c1ccc2c(c1)OC(F)(F)O2. The molecule has 1 N–H and O–H groups in total. The molecule has 9 heteroatoms. The molecule has 1 aromatic carbocycles. The molecule has 1 atom stereocenters. The molecule has 30 heavy (non-hydrogen) atoms.